The van der Waals surface area contributed by atoms with E-state index in [1.54, 1.807) is 6.07 Å². The molecule has 1 saturated heterocycles. The second-order valence-electron chi connectivity index (χ2n) is 6.08. The van der Waals surface area contributed by atoms with Crippen molar-refractivity contribution in [2.75, 3.05) is 13.1 Å². The molecule has 0 unspecified atom stereocenters. The lowest BCUT2D eigenvalue weighted by Gasteiger charge is -2.32. The second-order valence-corrected chi connectivity index (χ2v) is 6.83. The summed E-state index contributed by atoms with van der Waals surface area (Å²) < 4.78 is 17.5. The average Bonchev–Trinajstić information content (AvgIpc) is 3.00. The number of likely N-dealkylation sites (tertiary alicyclic amines) is 1. The van der Waals surface area contributed by atoms with Crippen molar-refractivity contribution in [3.05, 3.63) is 46.2 Å². The number of rotatable bonds is 4. The van der Waals surface area contributed by atoms with Gasteiger partial charge >= 0.3 is 0 Å². The smallest absolute Gasteiger partial charge is 0.267 e. The first-order valence-electron chi connectivity index (χ1n) is 7.97. The van der Waals surface area contributed by atoms with E-state index in [1.807, 2.05) is 24.0 Å². The van der Waals surface area contributed by atoms with Gasteiger partial charge in [-0.25, -0.2) is 4.39 Å². The van der Waals surface area contributed by atoms with Gasteiger partial charge in [0.1, 0.15) is 10.7 Å². The molecular formula is C17H20FN3OS. The number of amides is 1. The largest absolute Gasteiger partial charge is 0.338 e. The van der Waals surface area contributed by atoms with Crippen molar-refractivity contribution in [2.24, 2.45) is 5.92 Å². The lowest BCUT2D eigenvalue weighted by atomic mass is 9.91. The fourth-order valence-electron chi connectivity index (χ4n) is 3.12. The topological polar surface area (TPSA) is 46.1 Å². The molecule has 2 aromatic rings. The van der Waals surface area contributed by atoms with Crippen LogP contribution in [0.25, 0.3) is 0 Å². The zero-order valence-corrected chi connectivity index (χ0v) is 14.0. The van der Waals surface area contributed by atoms with Gasteiger partial charge in [0.05, 0.1) is 5.69 Å². The molecule has 0 saturated carbocycles. The van der Waals surface area contributed by atoms with Crippen LogP contribution < -0.4 is 0 Å². The Kier molecular flexibility index (Phi) is 5.00. The van der Waals surface area contributed by atoms with E-state index in [4.69, 9.17) is 0 Å². The summed E-state index contributed by atoms with van der Waals surface area (Å²) in [6.45, 7) is 3.34. The van der Waals surface area contributed by atoms with Crippen LogP contribution in [0, 0.1) is 18.7 Å². The molecule has 0 spiro atoms. The monoisotopic (exact) mass is 333 g/mol. The third-order valence-electron chi connectivity index (χ3n) is 4.43. The van der Waals surface area contributed by atoms with Crippen molar-refractivity contribution >= 4 is 17.4 Å². The van der Waals surface area contributed by atoms with Gasteiger partial charge < -0.3 is 4.90 Å². The van der Waals surface area contributed by atoms with E-state index >= 15 is 0 Å². The van der Waals surface area contributed by atoms with Gasteiger partial charge in [0.2, 0.25) is 0 Å². The Morgan fingerprint density at radius 3 is 3.00 bits per heavy atom. The Labute approximate surface area is 139 Å². The molecule has 1 aromatic carbocycles. The average molecular weight is 333 g/mol. The third-order valence-corrected chi connectivity index (χ3v) is 5.25. The van der Waals surface area contributed by atoms with Crippen molar-refractivity contribution < 1.29 is 9.18 Å². The Bertz CT molecular complexity index is 688. The van der Waals surface area contributed by atoms with Crippen LogP contribution in [0.2, 0.25) is 0 Å². The van der Waals surface area contributed by atoms with Gasteiger partial charge in [0.15, 0.2) is 0 Å². The van der Waals surface area contributed by atoms with Crippen LogP contribution in [0.4, 0.5) is 4.39 Å². The number of aromatic nitrogens is 2. The Morgan fingerprint density at radius 1 is 1.43 bits per heavy atom. The molecule has 2 heterocycles. The molecule has 0 N–H and O–H groups in total. The Morgan fingerprint density at radius 2 is 2.26 bits per heavy atom. The molecule has 23 heavy (non-hydrogen) atoms. The molecule has 6 heteroatoms. The normalized spacial score (nSPS) is 18.2. The van der Waals surface area contributed by atoms with Crippen LogP contribution >= 0.6 is 11.5 Å². The maximum absolute atomic E-state index is 13.7. The van der Waals surface area contributed by atoms with Crippen molar-refractivity contribution in [2.45, 2.75) is 32.6 Å². The summed E-state index contributed by atoms with van der Waals surface area (Å²) in [6.07, 6.45) is 3.72. The van der Waals surface area contributed by atoms with E-state index in [0.29, 0.717) is 16.5 Å². The molecule has 4 nitrogen and oxygen atoms in total. The maximum Gasteiger partial charge on any atom is 0.267 e. The van der Waals surface area contributed by atoms with Crippen LogP contribution in [0.15, 0.2) is 24.3 Å². The maximum atomic E-state index is 13.7. The van der Waals surface area contributed by atoms with Gasteiger partial charge in [0.25, 0.3) is 5.91 Å². The molecule has 1 aliphatic heterocycles. The number of aryl methyl sites for hydroxylation is 2. The lowest BCUT2D eigenvalue weighted by Crippen LogP contribution is -2.40. The minimum Gasteiger partial charge on any atom is -0.338 e. The Hall–Kier alpha value is -1.82. The van der Waals surface area contributed by atoms with Gasteiger partial charge in [-0.15, -0.1) is 5.10 Å². The molecule has 1 fully saturated rings. The van der Waals surface area contributed by atoms with Crippen molar-refractivity contribution in [3.8, 4) is 0 Å². The van der Waals surface area contributed by atoms with E-state index in [0.717, 1.165) is 55.9 Å². The van der Waals surface area contributed by atoms with Gasteiger partial charge in [-0.1, -0.05) is 22.7 Å². The third kappa shape index (κ3) is 3.75. The molecular weight excluding hydrogens is 313 g/mol. The van der Waals surface area contributed by atoms with Crippen LogP contribution in [0.5, 0.6) is 0 Å². The summed E-state index contributed by atoms with van der Waals surface area (Å²) in [5.41, 5.74) is 1.46. The van der Waals surface area contributed by atoms with E-state index in [9.17, 15) is 9.18 Å². The lowest BCUT2D eigenvalue weighted by molar-refractivity contribution is 0.0672. The summed E-state index contributed by atoms with van der Waals surface area (Å²) in [5.74, 6) is 0.323. The molecule has 0 aliphatic carbocycles. The highest BCUT2D eigenvalue weighted by Gasteiger charge is 2.26. The minimum atomic E-state index is -0.136. The van der Waals surface area contributed by atoms with Crippen molar-refractivity contribution in [1.29, 1.82) is 0 Å². The summed E-state index contributed by atoms with van der Waals surface area (Å²) in [4.78, 5) is 15.1. The summed E-state index contributed by atoms with van der Waals surface area (Å²) in [6, 6.07) is 6.93. The first-order chi connectivity index (χ1) is 11.1. The molecule has 0 radical (unpaired) electrons. The highest BCUT2D eigenvalue weighted by atomic mass is 32.1. The van der Waals surface area contributed by atoms with Crippen LogP contribution in [0.3, 0.4) is 0 Å². The van der Waals surface area contributed by atoms with E-state index in [2.05, 4.69) is 9.59 Å². The molecule has 1 aromatic heterocycles. The summed E-state index contributed by atoms with van der Waals surface area (Å²) in [7, 11) is 0. The van der Waals surface area contributed by atoms with Crippen LogP contribution in [0.1, 0.15) is 40.2 Å². The number of hydrogen-bond acceptors (Lipinski definition) is 4. The first kappa shape index (κ1) is 16.1. The highest BCUT2D eigenvalue weighted by Crippen LogP contribution is 2.24. The summed E-state index contributed by atoms with van der Waals surface area (Å²) in [5, 5.41) is 3.92. The fourth-order valence-corrected chi connectivity index (χ4v) is 3.74. The van der Waals surface area contributed by atoms with E-state index < -0.39 is 0 Å². The van der Waals surface area contributed by atoms with Gasteiger partial charge in [-0.05, 0) is 61.7 Å². The number of hydrogen-bond donors (Lipinski definition) is 0. The zero-order chi connectivity index (χ0) is 16.2. The first-order valence-corrected chi connectivity index (χ1v) is 8.74. The number of halogens is 1. The second kappa shape index (κ2) is 7.17. The molecule has 1 atom stereocenters. The number of carbonyl (C=O) groups excluding carboxylic acids is 1. The standard InChI is InChI=1S/C17H20FN3OS/c1-12-16(23-20-19-12)17(22)21-10-4-5-13(11-21)8-9-14-6-2-3-7-15(14)18/h2-3,6-7,13H,4-5,8-11H2,1H3/t13-/m0/s1. The highest BCUT2D eigenvalue weighted by molar-refractivity contribution is 7.07. The van der Waals surface area contributed by atoms with Gasteiger partial charge in [0, 0.05) is 13.1 Å². The number of benzene rings is 1. The van der Waals surface area contributed by atoms with Gasteiger partial charge in [-0.2, -0.15) is 0 Å². The SMILES string of the molecule is Cc1nnsc1C(=O)N1CCC[C@@H](CCc2ccccc2F)C1. The Balaban J connectivity index is 1.59. The van der Waals surface area contributed by atoms with Crippen molar-refractivity contribution in [1.82, 2.24) is 14.5 Å². The quantitative estimate of drug-likeness (QED) is 0.861. The number of nitrogens with zero attached hydrogens (tertiary/aromatic N) is 3. The van der Waals surface area contributed by atoms with E-state index in [-0.39, 0.29) is 11.7 Å². The number of carbonyl (C=O) groups is 1. The predicted octanol–water partition coefficient (Wildman–Crippen LogP) is 3.47. The van der Waals surface area contributed by atoms with Gasteiger partial charge in [-0.3, -0.25) is 4.79 Å². The summed E-state index contributed by atoms with van der Waals surface area (Å²) >= 11 is 1.16. The molecule has 0 bridgehead atoms. The zero-order valence-electron chi connectivity index (χ0n) is 13.2. The minimum absolute atomic E-state index is 0.0353. The predicted molar refractivity (Wildman–Crippen MR) is 88.0 cm³/mol. The fraction of sp³-hybridized carbons (Fsp3) is 0.471. The van der Waals surface area contributed by atoms with E-state index in [1.165, 1.54) is 6.07 Å². The molecule has 122 valence electrons. The van der Waals surface area contributed by atoms with Crippen LogP contribution in [-0.4, -0.2) is 33.5 Å². The number of piperidine rings is 1. The van der Waals surface area contributed by atoms with Crippen LogP contribution in [-0.2, 0) is 6.42 Å². The van der Waals surface area contributed by atoms with Crippen molar-refractivity contribution in [3.63, 3.8) is 0 Å². The molecule has 1 amide bonds. The molecule has 1 aliphatic rings. The molecule has 3 rings (SSSR count).